The number of hydrogen-bond donors (Lipinski definition) is 3. The standard InChI is InChI=1S/C56H101NO3/c1-3-5-7-9-11-13-14-15-16-17-18-19-20-21-22-23-24-25-26-27-28-29-30-31-32-33-34-35-36-37-38-39-40-41-42-44-46-48-50-52-56(60)57-54(53-58)55(59)51-49-47-45-43-12-10-8-6-4-2/h4,6,12,14-15,17-18,20-21,43,49,51,54-55,58-59H,3,5,7-11,13,16,19,22-42,44-48,50,52-53H2,1-2H3,(H,57,60)/b6-4+,15-14-,18-17-,21-20-,43-12+,51-49+. The minimum atomic E-state index is -0.868. The second kappa shape index (κ2) is 51.2. The molecule has 0 aliphatic carbocycles. The number of unbranched alkanes of at least 4 members (excludes halogenated alkanes) is 31. The monoisotopic (exact) mass is 836 g/mol. The van der Waals surface area contributed by atoms with Crippen LogP contribution < -0.4 is 5.32 Å². The Morgan fingerprint density at radius 3 is 1.17 bits per heavy atom. The molecular formula is C56H101NO3. The van der Waals surface area contributed by atoms with E-state index in [0.717, 1.165) is 51.4 Å². The first-order valence-electron chi connectivity index (χ1n) is 26.1. The molecule has 0 spiro atoms. The van der Waals surface area contributed by atoms with Gasteiger partial charge in [-0.3, -0.25) is 4.79 Å². The lowest BCUT2D eigenvalue weighted by atomic mass is 10.0. The molecule has 4 heteroatoms. The lowest BCUT2D eigenvalue weighted by Gasteiger charge is -2.19. The van der Waals surface area contributed by atoms with Crippen LogP contribution in [0.3, 0.4) is 0 Å². The third kappa shape index (κ3) is 46.9. The predicted octanol–water partition coefficient (Wildman–Crippen LogP) is 17.0. The summed E-state index contributed by atoms with van der Waals surface area (Å²) >= 11 is 0. The quantitative estimate of drug-likeness (QED) is 0.0422. The zero-order valence-electron chi connectivity index (χ0n) is 40.0. The molecule has 4 nitrogen and oxygen atoms in total. The molecule has 2 unspecified atom stereocenters. The summed E-state index contributed by atoms with van der Waals surface area (Å²) in [6.45, 7) is 4.05. The SMILES string of the molecule is C/C=C/CC/C=C/CC/C=C/C(O)C(CO)NC(=O)CCCCCCCCCCCCCCCCCCCCCCCCCC/C=C\C/C=C\C/C=C\CCCCCCC. The van der Waals surface area contributed by atoms with Crippen LogP contribution in [0, 0.1) is 0 Å². The van der Waals surface area contributed by atoms with Crippen molar-refractivity contribution in [2.45, 2.75) is 270 Å². The number of allylic oxidation sites excluding steroid dienone is 11. The van der Waals surface area contributed by atoms with E-state index in [1.165, 1.54) is 186 Å². The zero-order valence-corrected chi connectivity index (χ0v) is 40.0. The smallest absolute Gasteiger partial charge is 0.220 e. The molecule has 60 heavy (non-hydrogen) atoms. The van der Waals surface area contributed by atoms with E-state index in [1.54, 1.807) is 6.08 Å². The van der Waals surface area contributed by atoms with Crippen molar-refractivity contribution in [3.05, 3.63) is 72.9 Å². The maximum atomic E-state index is 12.4. The van der Waals surface area contributed by atoms with E-state index in [0.29, 0.717) is 6.42 Å². The Morgan fingerprint density at radius 2 is 0.767 bits per heavy atom. The van der Waals surface area contributed by atoms with Gasteiger partial charge < -0.3 is 15.5 Å². The third-order valence-corrected chi connectivity index (χ3v) is 11.7. The predicted molar refractivity (Wildman–Crippen MR) is 267 cm³/mol. The van der Waals surface area contributed by atoms with E-state index >= 15 is 0 Å². The molecule has 0 radical (unpaired) electrons. The van der Waals surface area contributed by atoms with E-state index in [2.05, 4.69) is 73.0 Å². The van der Waals surface area contributed by atoms with Crippen molar-refractivity contribution in [3.8, 4) is 0 Å². The van der Waals surface area contributed by atoms with Gasteiger partial charge in [0.1, 0.15) is 0 Å². The molecule has 2 atom stereocenters. The van der Waals surface area contributed by atoms with Crippen LogP contribution in [-0.4, -0.2) is 34.9 Å². The average Bonchev–Trinajstić information content (AvgIpc) is 3.25. The Labute approximate surface area is 374 Å². The number of carbonyl (C=O) groups excluding carboxylic acids is 1. The molecule has 348 valence electrons. The highest BCUT2D eigenvalue weighted by atomic mass is 16.3. The minimum Gasteiger partial charge on any atom is -0.394 e. The largest absolute Gasteiger partial charge is 0.394 e. The molecular weight excluding hydrogens is 735 g/mol. The minimum absolute atomic E-state index is 0.0798. The molecule has 0 heterocycles. The Hall–Kier alpha value is -2.17. The molecule has 0 bridgehead atoms. The van der Waals surface area contributed by atoms with E-state index in [1.807, 2.05) is 13.0 Å². The lowest BCUT2D eigenvalue weighted by Crippen LogP contribution is -2.45. The molecule has 1 amide bonds. The molecule has 0 aromatic carbocycles. The highest BCUT2D eigenvalue weighted by Gasteiger charge is 2.17. The molecule has 0 aliphatic rings. The summed E-state index contributed by atoms with van der Waals surface area (Å²) in [6, 6.07) is -0.644. The number of rotatable bonds is 47. The number of nitrogens with one attached hydrogen (secondary N) is 1. The van der Waals surface area contributed by atoms with Gasteiger partial charge in [0.25, 0.3) is 0 Å². The maximum absolute atomic E-state index is 12.4. The fourth-order valence-electron chi connectivity index (χ4n) is 7.76. The summed E-state index contributed by atoms with van der Waals surface area (Å²) in [5, 5.41) is 22.9. The van der Waals surface area contributed by atoms with Gasteiger partial charge in [0.2, 0.25) is 5.91 Å². The Balaban J connectivity index is 3.38. The summed E-state index contributed by atoms with van der Waals surface area (Å²) in [5.41, 5.74) is 0. The Kier molecular flexibility index (Phi) is 49.3. The summed E-state index contributed by atoms with van der Waals surface area (Å²) in [4.78, 5) is 12.4. The molecule has 0 fully saturated rings. The molecule has 0 aliphatic heterocycles. The summed E-state index contributed by atoms with van der Waals surface area (Å²) in [5.74, 6) is -0.0798. The number of aliphatic hydroxyl groups is 2. The first kappa shape index (κ1) is 57.8. The van der Waals surface area contributed by atoms with Crippen LogP contribution in [0.25, 0.3) is 0 Å². The molecule has 0 rings (SSSR count). The van der Waals surface area contributed by atoms with E-state index < -0.39 is 12.1 Å². The van der Waals surface area contributed by atoms with Crippen molar-refractivity contribution in [2.75, 3.05) is 6.61 Å². The average molecular weight is 836 g/mol. The number of amides is 1. The van der Waals surface area contributed by atoms with Gasteiger partial charge in [-0.15, -0.1) is 0 Å². The van der Waals surface area contributed by atoms with Gasteiger partial charge in [0, 0.05) is 6.42 Å². The van der Waals surface area contributed by atoms with Crippen LogP contribution in [0.5, 0.6) is 0 Å². The van der Waals surface area contributed by atoms with E-state index in [4.69, 9.17) is 0 Å². The van der Waals surface area contributed by atoms with Crippen molar-refractivity contribution < 1.29 is 15.0 Å². The Bertz CT molecular complexity index is 1040. The zero-order chi connectivity index (χ0) is 43.5. The van der Waals surface area contributed by atoms with Crippen LogP contribution in [0.1, 0.15) is 258 Å². The van der Waals surface area contributed by atoms with E-state index in [9.17, 15) is 15.0 Å². The number of hydrogen-bond acceptors (Lipinski definition) is 3. The summed E-state index contributed by atoms with van der Waals surface area (Å²) < 4.78 is 0. The van der Waals surface area contributed by atoms with Crippen LogP contribution >= 0.6 is 0 Å². The van der Waals surface area contributed by atoms with Crippen molar-refractivity contribution in [1.29, 1.82) is 0 Å². The van der Waals surface area contributed by atoms with Gasteiger partial charge in [-0.25, -0.2) is 0 Å². The fourth-order valence-corrected chi connectivity index (χ4v) is 7.76. The van der Waals surface area contributed by atoms with Crippen LogP contribution in [0.4, 0.5) is 0 Å². The molecule has 0 saturated carbocycles. The number of carbonyl (C=O) groups is 1. The first-order chi connectivity index (χ1) is 29.7. The topological polar surface area (TPSA) is 69.6 Å². The molecule has 0 saturated heterocycles. The first-order valence-corrected chi connectivity index (χ1v) is 26.1. The highest BCUT2D eigenvalue weighted by Crippen LogP contribution is 2.16. The molecule has 0 aromatic heterocycles. The van der Waals surface area contributed by atoms with Crippen LogP contribution in [-0.2, 0) is 4.79 Å². The number of aliphatic hydroxyl groups excluding tert-OH is 2. The third-order valence-electron chi connectivity index (χ3n) is 11.7. The van der Waals surface area contributed by atoms with Crippen molar-refractivity contribution in [1.82, 2.24) is 5.32 Å². The van der Waals surface area contributed by atoms with Crippen molar-refractivity contribution in [3.63, 3.8) is 0 Å². The fraction of sp³-hybridized carbons (Fsp3) is 0.768. The molecule has 3 N–H and O–H groups in total. The Morgan fingerprint density at radius 1 is 0.433 bits per heavy atom. The van der Waals surface area contributed by atoms with Gasteiger partial charge in [-0.1, -0.05) is 247 Å². The van der Waals surface area contributed by atoms with Crippen molar-refractivity contribution in [2.24, 2.45) is 0 Å². The van der Waals surface area contributed by atoms with Gasteiger partial charge in [0.15, 0.2) is 0 Å². The van der Waals surface area contributed by atoms with Gasteiger partial charge >= 0.3 is 0 Å². The van der Waals surface area contributed by atoms with Crippen LogP contribution in [0.2, 0.25) is 0 Å². The maximum Gasteiger partial charge on any atom is 0.220 e. The van der Waals surface area contributed by atoms with Gasteiger partial charge in [-0.2, -0.15) is 0 Å². The lowest BCUT2D eigenvalue weighted by molar-refractivity contribution is -0.123. The second-order valence-corrected chi connectivity index (χ2v) is 17.6. The molecule has 0 aromatic rings. The van der Waals surface area contributed by atoms with Gasteiger partial charge in [0.05, 0.1) is 18.8 Å². The normalized spacial score (nSPS) is 13.5. The van der Waals surface area contributed by atoms with E-state index in [-0.39, 0.29) is 12.5 Å². The van der Waals surface area contributed by atoms with Crippen LogP contribution in [0.15, 0.2) is 72.9 Å². The van der Waals surface area contributed by atoms with Crippen molar-refractivity contribution >= 4 is 5.91 Å². The summed E-state index contributed by atoms with van der Waals surface area (Å²) in [7, 11) is 0. The second-order valence-electron chi connectivity index (χ2n) is 17.6. The highest BCUT2D eigenvalue weighted by molar-refractivity contribution is 5.76. The van der Waals surface area contributed by atoms with Gasteiger partial charge in [-0.05, 0) is 77.6 Å². The summed E-state index contributed by atoms with van der Waals surface area (Å²) in [6.07, 6.45) is 73.8.